The second-order valence-electron chi connectivity index (χ2n) is 3.60. The van der Waals surface area contributed by atoms with E-state index in [0.717, 1.165) is 24.0 Å². The third-order valence-corrected chi connectivity index (χ3v) is 3.20. The lowest BCUT2D eigenvalue weighted by Crippen LogP contribution is -2.33. The van der Waals surface area contributed by atoms with Crippen LogP contribution in [-0.2, 0) is 6.42 Å². The number of fused-ring (bicyclic) bond motifs is 1. The summed E-state index contributed by atoms with van der Waals surface area (Å²) in [6.07, 6.45) is 0.925. The van der Waals surface area contributed by atoms with Crippen LogP contribution in [0, 0.1) is 0 Å². The third-order valence-electron chi connectivity index (χ3n) is 2.65. The molecule has 0 fully saturated rings. The van der Waals surface area contributed by atoms with Gasteiger partial charge in [0.05, 0.1) is 6.10 Å². The first-order valence-corrected chi connectivity index (χ1v) is 5.26. The summed E-state index contributed by atoms with van der Waals surface area (Å²) in [5.74, 6) is 0. The number of nitrogens with two attached hydrogens (primary N) is 1. The van der Waals surface area contributed by atoms with Gasteiger partial charge in [-0.25, -0.2) is 0 Å². The summed E-state index contributed by atoms with van der Waals surface area (Å²) >= 11 is 11.9. The molecule has 1 aliphatic carbocycles. The van der Waals surface area contributed by atoms with Crippen molar-refractivity contribution in [1.82, 2.24) is 0 Å². The van der Waals surface area contributed by atoms with E-state index in [0.29, 0.717) is 10.0 Å². The molecule has 14 heavy (non-hydrogen) atoms. The maximum Gasteiger partial charge on any atom is 0.0944 e. The van der Waals surface area contributed by atoms with Crippen LogP contribution in [0.1, 0.15) is 23.7 Å². The average Bonchev–Trinajstić information content (AvgIpc) is 2.12. The van der Waals surface area contributed by atoms with Gasteiger partial charge in [-0.15, -0.1) is 0 Å². The van der Waals surface area contributed by atoms with E-state index in [1.807, 2.05) is 0 Å². The molecule has 3 N–H and O–H groups in total. The van der Waals surface area contributed by atoms with Crippen molar-refractivity contribution in [2.24, 2.45) is 5.73 Å². The summed E-state index contributed by atoms with van der Waals surface area (Å²) in [5, 5.41) is 11.0. The highest BCUT2D eigenvalue weighted by Gasteiger charge is 2.26. The van der Waals surface area contributed by atoms with E-state index in [4.69, 9.17) is 28.9 Å². The second kappa shape index (κ2) is 3.70. The number of hydrogen-bond donors (Lipinski definition) is 2. The molecule has 1 aromatic rings. The monoisotopic (exact) mass is 231 g/mol. The van der Waals surface area contributed by atoms with Crippen LogP contribution in [0.15, 0.2) is 12.1 Å². The van der Waals surface area contributed by atoms with Gasteiger partial charge in [-0.05, 0) is 36.1 Å². The van der Waals surface area contributed by atoms with Crippen molar-refractivity contribution in [3.8, 4) is 0 Å². The van der Waals surface area contributed by atoms with Gasteiger partial charge in [0.25, 0.3) is 0 Å². The van der Waals surface area contributed by atoms with Gasteiger partial charge in [-0.2, -0.15) is 0 Å². The summed E-state index contributed by atoms with van der Waals surface area (Å²) in [6, 6.07) is 3.23. The molecule has 1 aromatic carbocycles. The first kappa shape index (κ1) is 10.2. The Hall–Kier alpha value is -0.280. The molecule has 0 unspecified atom stereocenters. The van der Waals surface area contributed by atoms with Crippen LogP contribution < -0.4 is 5.73 Å². The number of benzene rings is 1. The summed E-state index contributed by atoms with van der Waals surface area (Å²) in [7, 11) is 0. The Labute approximate surface area is 92.6 Å². The fourth-order valence-corrected chi connectivity index (χ4v) is 2.45. The predicted molar refractivity (Wildman–Crippen MR) is 57.7 cm³/mol. The molecule has 0 aromatic heterocycles. The van der Waals surface area contributed by atoms with Gasteiger partial charge in [0.1, 0.15) is 0 Å². The number of hydrogen-bond acceptors (Lipinski definition) is 2. The van der Waals surface area contributed by atoms with E-state index >= 15 is 0 Å². The highest BCUT2D eigenvalue weighted by Crippen LogP contribution is 2.35. The molecule has 0 bridgehead atoms. The van der Waals surface area contributed by atoms with Crippen molar-refractivity contribution >= 4 is 23.2 Å². The fourth-order valence-electron chi connectivity index (χ4n) is 1.85. The van der Waals surface area contributed by atoms with Crippen molar-refractivity contribution in [1.29, 1.82) is 0 Å². The molecule has 4 heteroatoms. The molecule has 0 spiro atoms. The first-order valence-electron chi connectivity index (χ1n) is 4.51. The molecule has 0 heterocycles. The molecule has 76 valence electrons. The Morgan fingerprint density at radius 3 is 2.79 bits per heavy atom. The normalized spacial score (nSPS) is 26.0. The Morgan fingerprint density at radius 1 is 1.36 bits per heavy atom. The van der Waals surface area contributed by atoms with E-state index in [9.17, 15) is 5.11 Å². The zero-order valence-electron chi connectivity index (χ0n) is 7.50. The summed E-state index contributed by atoms with van der Waals surface area (Å²) in [5.41, 5.74) is 7.51. The average molecular weight is 232 g/mol. The van der Waals surface area contributed by atoms with Crippen molar-refractivity contribution in [2.45, 2.75) is 25.0 Å². The van der Waals surface area contributed by atoms with Gasteiger partial charge < -0.3 is 10.8 Å². The van der Waals surface area contributed by atoms with Crippen molar-refractivity contribution in [2.75, 3.05) is 0 Å². The van der Waals surface area contributed by atoms with Gasteiger partial charge in [0.2, 0.25) is 0 Å². The predicted octanol–water partition coefficient (Wildman–Crippen LogP) is 2.30. The molecule has 1 aliphatic rings. The quantitative estimate of drug-likeness (QED) is 0.720. The lowest BCUT2D eigenvalue weighted by molar-refractivity contribution is 0.134. The molecule has 2 atom stereocenters. The lowest BCUT2D eigenvalue weighted by Gasteiger charge is -2.28. The van der Waals surface area contributed by atoms with Crippen molar-refractivity contribution in [3.63, 3.8) is 0 Å². The number of rotatable bonds is 0. The van der Waals surface area contributed by atoms with Crippen LogP contribution >= 0.6 is 23.2 Å². The van der Waals surface area contributed by atoms with Crippen LogP contribution in [0.5, 0.6) is 0 Å². The summed E-state index contributed by atoms with van der Waals surface area (Å²) < 4.78 is 0. The SMILES string of the molecule is N[C@H]1CCc2c(Cl)cc(Cl)cc2[C@H]1O. The minimum absolute atomic E-state index is 0.211. The van der Waals surface area contributed by atoms with Crippen molar-refractivity contribution in [3.05, 3.63) is 33.3 Å². The van der Waals surface area contributed by atoms with E-state index < -0.39 is 6.10 Å². The van der Waals surface area contributed by atoms with Crippen LogP contribution in [-0.4, -0.2) is 11.1 Å². The number of aliphatic hydroxyl groups excluding tert-OH is 1. The smallest absolute Gasteiger partial charge is 0.0944 e. The Morgan fingerprint density at radius 2 is 2.07 bits per heavy atom. The molecule has 2 rings (SSSR count). The summed E-state index contributed by atoms with van der Waals surface area (Å²) in [4.78, 5) is 0. The molecule has 0 saturated heterocycles. The van der Waals surface area contributed by atoms with E-state index in [1.54, 1.807) is 12.1 Å². The van der Waals surface area contributed by atoms with Gasteiger partial charge in [-0.1, -0.05) is 23.2 Å². The van der Waals surface area contributed by atoms with Crippen LogP contribution in [0.2, 0.25) is 10.0 Å². The van der Waals surface area contributed by atoms with E-state index in [-0.39, 0.29) is 6.04 Å². The largest absolute Gasteiger partial charge is 0.387 e. The molecular formula is C10H11Cl2NO. The van der Waals surface area contributed by atoms with Crippen molar-refractivity contribution < 1.29 is 5.11 Å². The molecule has 0 aliphatic heterocycles. The third kappa shape index (κ3) is 1.63. The second-order valence-corrected chi connectivity index (χ2v) is 4.45. The number of halogens is 2. The Balaban J connectivity index is 2.54. The molecule has 0 saturated carbocycles. The number of aliphatic hydroxyl groups is 1. The first-order chi connectivity index (χ1) is 6.59. The zero-order chi connectivity index (χ0) is 10.3. The summed E-state index contributed by atoms with van der Waals surface area (Å²) in [6.45, 7) is 0. The maximum absolute atomic E-state index is 9.84. The zero-order valence-corrected chi connectivity index (χ0v) is 9.02. The van der Waals surface area contributed by atoms with Crippen LogP contribution in [0.4, 0.5) is 0 Å². The van der Waals surface area contributed by atoms with Gasteiger partial charge >= 0.3 is 0 Å². The van der Waals surface area contributed by atoms with Gasteiger partial charge in [0.15, 0.2) is 0 Å². The van der Waals surface area contributed by atoms with Gasteiger partial charge in [0, 0.05) is 16.1 Å². The minimum atomic E-state index is -0.644. The Bertz CT molecular complexity index is 367. The molecule has 2 nitrogen and oxygen atoms in total. The molecule has 0 amide bonds. The highest BCUT2D eigenvalue weighted by atomic mass is 35.5. The van der Waals surface area contributed by atoms with Gasteiger partial charge in [-0.3, -0.25) is 0 Å². The fraction of sp³-hybridized carbons (Fsp3) is 0.400. The van der Waals surface area contributed by atoms with Crippen LogP contribution in [0.3, 0.4) is 0 Å². The van der Waals surface area contributed by atoms with E-state index in [1.165, 1.54) is 0 Å². The van der Waals surface area contributed by atoms with E-state index in [2.05, 4.69) is 0 Å². The highest BCUT2D eigenvalue weighted by molar-refractivity contribution is 6.35. The Kier molecular flexibility index (Phi) is 2.71. The topological polar surface area (TPSA) is 46.2 Å². The molecular weight excluding hydrogens is 221 g/mol. The maximum atomic E-state index is 9.84. The minimum Gasteiger partial charge on any atom is -0.387 e. The van der Waals surface area contributed by atoms with Crippen LogP contribution in [0.25, 0.3) is 0 Å². The molecule has 0 radical (unpaired) electrons. The lowest BCUT2D eigenvalue weighted by atomic mass is 9.86. The standard InChI is InChI=1S/C10H11Cl2NO/c11-5-3-7-6(8(12)4-5)1-2-9(13)10(7)14/h3-4,9-10,14H,1-2,13H2/t9-,10+/m0/s1.